The molecule has 0 saturated carbocycles. The first kappa shape index (κ1) is 25.9. The van der Waals surface area contributed by atoms with E-state index in [1.807, 2.05) is 0 Å². The van der Waals surface area contributed by atoms with Gasteiger partial charge in [0.2, 0.25) is 0 Å². The van der Waals surface area contributed by atoms with Gasteiger partial charge >= 0.3 is 72.1 Å². The molecule has 0 amide bonds. The predicted molar refractivity (Wildman–Crippen MR) is 117 cm³/mol. The Morgan fingerprint density at radius 2 is 1.00 bits per heavy atom. The summed E-state index contributed by atoms with van der Waals surface area (Å²) in [7, 11) is -0.676. The zero-order valence-electron chi connectivity index (χ0n) is 16.2. The van der Waals surface area contributed by atoms with Gasteiger partial charge in [-0.05, 0) is 0 Å². The number of hydrogen-bond acceptors (Lipinski definition) is 0. The minimum atomic E-state index is -0.676. The van der Waals surface area contributed by atoms with Crippen molar-refractivity contribution in [1.29, 1.82) is 0 Å². The SMILES string of the molecule is [CH3][Ge](=[Zr+2])[c]1ccccc1.[Cl-].[Cl-].c1ccc2[cH-]ccc2c1.c1ccc2[cH-]ccc2c1. The van der Waals surface area contributed by atoms with E-state index in [0.717, 1.165) is 0 Å². The number of benzene rings is 3. The van der Waals surface area contributed by atoms with Gasteiger partial charge in [0.25, 0.3) is 0 Å². The molecule has 0 fully saturated rings. The smallest absolute Gasteiger partial charge is 0.0809 e. The summed E-state index contributed by atoms with van der Waals surface area (Å²) >= 11 is 1.76. The molecule has 0 bridgehead atoms. The molecule has 0 N–H and O–H groups in total. The van der Waals surface area contributed by atoms with E-state index in [1.165, 1.54) is 21.5 Å². The Balaban J connectivity index is 0.000000210. The third-order valence-corrected chi connectivity index (χ3v) is 10.5. The summed E-state index contributed by atoms with van der Waals surface area (Å²) in [5.41, 5.74) is 0. The summed E-state index contributed by atoms with van der Waals surface area (Å²) in [4.78, 5) is 0. The third-order valence-electron chi connectivity index (χ3n) is 4.30. The maximum atomic E-state index is 2.41. The van der Waals surface area contributed by atoms with Crippen LogP contribution >= 0.6 is 0 Å². The van der Waals surface area contributed by atoms with E-state index >= 15 is 0 Å². The Bertz CT molecular complexity index is 987. The molecule has 5 aromatic carbocycles. The molecule has 4 heteroatoms. The fourth-order valence-electron chi connectivity index (χ4n) is 2.83. The predicted octanol–water partition coefficient (Wildman–Crippen LogP) is 0.187. The summed E-state index contributed by atoms with van der Waals surface area (Å²) in [6.07, 6.45) is 0. The molecule has 0 heterocycles. The van der Waals surface area contributed by atoms with Gasteiger partial charge in [-0.15, -0.1) is 59.3 Å². The molecule has 5 rings (SSSR count). The normalized spacial score (nSPS) is 9.21. The molecular formula is C25H22Cl2GeZr-2. The minimum Gasteiger partial charge on any atom is -1.00 e. The van der Waals surface area contributed by atoms with Crippen LogP contribution in [-0.2, 0) is 21.6 Å². The number of hydrogen-bond donors (Lipinski definition) is 0. The summed E-state index contributed by atoms with van der Waals surface area (Å²) in [5.74, 6) is 2.41. The van der Waals surface area contributed by atoms with Crippen LogP contribution < -0.4 is 29.2 Å². The summed E-state index contributed by atoms with van der Waals surface area (Å²) in [5, 5.41) is 5.32. The Kier molecular flexibility index (Phi) is 12.5. The fourth-order valence-corrected chi connectivity index (χ4v) is 6.41. The Morgan fingerprint density at radius 1 is 0.586 bits per heavy atom. The van der Waals surface area contributed by atoms with Crippen molar-refractivity contribution >= 4 is 35.9 Å². The van der Waals surface area contributed by atoms with Gasteiger partial charge in [-0.3, -0.25) is 0 Å². The van der Waals surface area contributed by atoms with Crippen LogP contribution in [0, 0.1) is 0 Å². The second kappa shape index (κ2) is 14.0. The van der Waals surface area contributed by atoms with E-state index in [4.69, 9.17) is 0 Å². The molecule has 0 radical (unpaired) electrons. The van der Waals surface area contributed by atoms with Gasteiger partial charge in [0, 0.05) is 0 Å². The molecule has 0 nitrogen and oxygen atoms in total. The van der Waals surface area contributed by atoms with Crippen LogP contribution in [-0.4, -0.2) is 9.98 Å². The van der Waals surface area contributed by atoms with E-state index in [1.54, 1.807) is 26.0 Å². The molecule has 0 aliphatic carbocycles. The second-order valence-electron chi connectivity index (χ2n) is 6.30. The van der Waals surface area contributed by atoms with Gasteiger partial charge in [0.15, 0.2) is 0 Å². The molecule has 5 aromatic rings. The van der Waals surface area contributed by atoms with E-state index in [9.17, 15) is 0 Å². The van der Waals surface area contributed by atoms with Crippen LogP contribution in [0.5, 0.6) is 0 Å². The van der Waals surface area contributed by atoms with Gasteiger partial charge in [-0.2, -0.15) is 35.0 Å². The topological polar surface area (TPSA) is 0 Å². The van der Waals surface area contributed by atoms with Crippen LogP contribution in [0.3, 0.4) is 0 Å². The maximum absolute atomic E-state index is 2.41. The van der Waals surface area contributed by atoms with Crippen LogP contribution in [0.15, 0.2) is 115 Å². The Morgan fingerprint density at radius 3 is 1.38 bits per heavy atom. The molecule has 146 valence electrons. The van der Waals surface area contributed by atoms with E-state index < -0.39 is 9.98 Å². The minimum absolute atomic E-state index is 0. The molecule has 0 atom stereocenters. The quantitative estimate of drug-likeness (QED) is 0.204. The second-order valence-corrected chi connectivity index (χ2v) is 19.7. The van der Waals surface area contributed by atoms with Gasteiger partial charge in [-0.1, -0.05) is 12.1 Å². The molecule has 0 spiro atoms. The molecule has 0 aliphatic heterocycles. The average molecular weight is 557 g/mol. The van der Waals surface area contributed by atoms with Crippen molar-refractivity contribution in [2.24, 2.45) is 0 Å². The number of fused-ring (bicyclic) bond motifs is 2. The van der Waals surface area contributed by atoms with Crippen molar-refractivity contribution < 1.29 is 46.4 Å². The third kappa shape index (κ3) is 8.26. The monoisotopic (exact) mass is 556 g/mol. The van der Waals surface area contributed by atoms with Crippen molar-refractivity contribution in [3.63, 3.8) is 0 Å². The van der Waals surface area contributed by atoms with Crippen LogP contribution in [0.1, 0.15) is 0 Å². The first-order chi connectivity index (χ1) is 13.2. The Hall–Kier alpha value is -1.11. The average Bonchev–Trinajstić information content (AvgIpc) is 3.39. The molecule has 0 aromatic heterocycles. The van der Waals surface area contributed by atoms with Crippen LogP contribution in [0.25, 0.3) is 21.5 Å². The van der Waals surface area contributed by atoms with Crippen molar-refractivity contribution in [2.75, 3.05) is 0 Å². The molecule has 0 aliphatic rings. The van der Waals surface area contributed by atoms with E-state index in [-0.39, 0.29) is 24.8 Å². The molecule has 0 saturated heterocycles. The fraction of sp³-hybridized carbons (Fsp3) is 0.0400. The maximum Gasteiger partial charge on any atom is -0.0809 e. The zero-order chi connectivity index (χ0) is 18.9. The van der Waals surface area contributed by atoms with Gasteiger partial charge < -0.3 is 24.8 Å². The van der Waals surface area contributed by atoms with Crippen molar-refractivity contribution in [2.45, 2.75) is 5.76 Å². The van der Waals surface area contributed by atoms with Gasteiger partial charge in [-0.25, -0.2) is 0 Å². The van der Waals surface area contributed by atoms with Crippen LogP contribution in [0.4, 0.5) is 0 Å². The van der Waals surface area contributed by atoms with Gasteiger partial charge in [0.1, 0.15) is 0 Å². The van der Waals surface area contributed by atoms with Gasteiger partial charge in [0.05, 0.1) is 0 Å². The van der Waals surface area contributed by atoms with Crippen molar-refractivity contribution in [1.82, 2.24) is 0 Å². The van der Waals surface area contributed by atoms with E-state index in [0.29, 0.717) is 0 Å². The van der Waals surface area contributed by atoms with E-state index in [2.05, 4.69) is 121 Å². The van der Waals surface area contributed by atoms with Crippen molar-refractivity contribution in [3.8, 4) is 0 Å². The zero-order valence-corrected chi connectivity index (χ0v) is 22.3. The molecule has 0 unspecified atom stereocenters. The summed E-state index contributed by atoms with van der Waals surface area (Å²) < 4.78 is 1.62. The number of rotatable bonds is 1. The van der Waals surface area contributed by atoms with Crippen molar-refractivity contribution in [3.05, 3.63) is 115 Å². The standard InChI is InChI=1S/2C9H7.C7H8Ge.2ClH.Zr/c2*1-2-5-9-7-3-6-8(9)4-1;1-8-7-5-3-2-4-6-7;;;/h2*1-7H;2-6H,1H3;2*1H;/q2*-1;;;;+2/p-2. The Labute approximate surface area is 201 Å². The summed E-state index contributed by atoms with van der Waals surface area (Å²) in [6.45, 7) is 0. The molecular weight excluding hydrogens is 535 g/mol. The molecule has 29 heavy (non-hydrogen) atoms. The first-order valence-corrected chi connectivity index (χ1v) is 19.6. The largest absolute Gasteiger partial charge is 1.00 e. The van der Waals surface area contributed by atoms with Crippen LogP contribution in [0.2, 0.25) is 5.76 Å². The number of halogens is 2. The summed E-state index contributed by atoms with van der Waals surface area (Å²) in [6, 6.07) is 40.2. The first-order valence-electron chi connectivity index (χ1n) is 9.05.